The molecule has 0 fully saturated rings. The van der Waals surface area contributed by atoms with E-state index in [1.54, 1.807) is 0 Å². The fraction of sp³-hybridized carbons (Fsp3) is 0. The van der Waals surface area contributed by atoms with Crippen molar-refractivity contribution in [2.45, 2.75) is 0 Å². The van der Waals surface area contributed by atoms with Gasteiger partial charge in [0.15, 0.2) is 0 Å². The molecule has 0 bridgehead atoms. The van der Waals surface area contributed by atoms with E-state index >= 15 is 0 Å². The minimum Gasteiger partial charge on any atom is -2.00 e. The summed E-state index contributed by atoms with van der Waals surface area (Å²) >= 11 is 0. The molecule has 0 radical (unpaired) electrons. The number of rotatable bonds is 0. The molecular formula is H10O7Ti. The Labute approximate surface area is 60.7 Å². The number of hydrogen-bond acceptors (Lipinski definition) is 0. The van der Waals surface area contributed by atoms with Crippen molar-refractivity contribution in [1.29, 1.82) is 0 Å². The first-order valence-corrected chi connectivity index (χ1v) is 0. The van der Waals surface area contributed by atoms with E-state index in [0.29, 0.717) is 0 Å². The molecule has 0 aromatic heterocycles. The summed E-state index contributed by atoms with van der Waals surface area (Å²) in [6.07, 6.45) is 0. The van der Waals surface area contributed by atoms with Gasteiger partial charge in [0.2, 0.25) is 0 Å². The average molecular weight is 170 g/mol. The van der Waals surface area contributed by atoms with Crippen molar-refractivity contribution < 1.29 is 60.1 Å². The van der Waals surface area contributed by atoms with E-state index in [0.717, 1.165) is 0 Å². The van der Waals surface area contributed by atoms with Gasteiger partial charge in [-0.3, -0.25) is 0 Å². The Morgan fingerprint density at radius 3 is 0.375 bits per heavy atom. The van der Waals surface area contributed by atoms with Crippen LogP contribution < -0.4 is 0 Å². The predicted octanol–water partition coefficient (Wildman–Crippen LogP) is -4.36. The molecule has 0 rings (SSSR count). The van der Waals surface area contributed by atoms with Crippen LogP contribution in [0.2, 0.25) is 0 Å². The molecule has 8 heteroatoms. The summed E-state index contributed by atoms with van der Waals surface area (Å²) < 4.78 is 0. The van der Waals surface area contributed by atoms with Crippen molar-refractivity contribution in [3.05, 3.63) is 0 Å². The van der Waals surface area contributed by atoms with E-state index in [2.05, 4.69) is 0 Å². The maximum atomic E-state index is 0. The van der Waals surface area contributed by atoms with Gasteiger partial charge in [0.1, 0.15) is 0 Å². The van der Waals surface area contributed by atoms with Gasteiger partial charge in [0, 0.05) is 0 Å². The van der Waals surface area contributed by atoms with Gasteiger partial charge in [-0.25, -0.2) is 0 Å². The molecule has 0 aliphatic rings. The van der Waals surface area contributed by atoms with Crippen LogP contribution in [0.15, 0.2) is 0 Å². The molecule has 0 aromatic rings. The van der Waals surface area contributed by atoms with Gasteiger partial charge >= 0.3 is 21.7 Å². The Kier molecular flexibility index (Phi) is 504000. The average Bonchev–Trinajstić information content (AvgIpc) is 0. The van der Waals surface area contributed by atoms with Crippen LogP contribution in [0.25, 0.3) is 0 Å². The van der Waals surface area contributed by atoms with Crippen LogP contribution in [-0.4, -0.2) is 27.4 Å². The third-order valence-corrected chi connectivity index (χ3v) is 0. The smallest absolute Gasteiger partial charge is 2.00 e. The molecular weight excluding hydrogens is 160 g/mol. The van der Waals surface area contributed by atoms with Gasteiger partial charge in [-0.2, -0.15) is 0 Å². The predicted molar refractivity (Wildman–Crippen MR) is 19.4 cm³/mol. The van der Waals surface area contributed by atoms with E-state index in [1.807, 2.05) is 0 Å². The molecule has 0 spiro atoms. The molecule has 10 N–H and O–H groups in total. The molecule has 0 aromatic carbocycles. The molecule has 0 saturated carbocycles. The standard InChI is InChI=1S/5H2O.2O.Ti/h5*1H2;;;/q;;;;;2*-2;+4. The third kappa shape index (κ3) is 1010. The molecule has 0 atom stereocenters. The quantitative estimate of drug-likeness (QED) is 0.314. The number of hydrogen-bond donors (Lipinski definition) is 0. The van der Waals surface area contributed by atoms with Crippen LogP contribution in [0.4, 0.5) is 0 Å². The van der Waals surface area contributed by atoms with Crippen molar-refractivity contribution in [2.75, 3.05) is 0 Å². The van der Waals surface area contributed by atoms with Crippen molar-refractivity contribution in [1.82, 2.24) is 0 Å². The van der Waals surface area contributed by atoms with E-state index in [1.165, 1.54) is 0 Å². The zero-order chi connectivity index (χ0) is 0. The van der Waals surface area contributed by atoms with Gasteiger partial charge in [0.05, 0.1) is 0 Å². The van der Waals surface area contributed by atoms with Gasteiger partial charge < -0.3 is 38.3 Å². The molecule has 7 nitrogen and oxygen atoms in total. The fourth-order valence-electron chi connectivity index (χ4n) is 0. The molecule has 0 aliphatic heterocycles. The summed E-state index contributed by atoms with van der Waals surface area (Å²) in [5.74, 6) is 0. The van der Waals surface area contributed by atoms with E-state index in [4.69, 9.17) is 0 Å². The van der Waals surface area contributed by atoms with Gasteiger partial charge in [-0.05, 0) is 0 Å². The molecule has 0 heterocycles. The largest absolute Gasteiger partial charge is 4.00 e. The summed E-state index contributed by atoms with van der Waals surface area (Å²) in [5.41, 5.74) is 0. The van der Waals surface area contributed by atoms with E-state index in [-0.39, 0.29) is 60.1 Å². The molecule has 0 unspecified atom stereocenters. The van der Waals surface area contributed by atoms with E-state index < -0.39 is 0 Å². The second-order valence-electron chi connectivity index (χ2n) is 0. The maximum absolute atomic E-state index is 0. The minimum atomic E-state index is 0. The first kappa shape index (κ1) is 2470. The van der Waals surface area contributed by atoms with Crippen LogP contribution in [0.5, 0.6) is 0 Å². The Bertz CT molecular complexity index is 4.35. The van der Waals surface area contributed by atoms with Crippen LogP contribution >= 0.6 is 0 Å². The molecule has 0 amide bonds. The zero-order valence-electron chi connectivity index (χ0n) is 3.82. The Hall–Kier alpha value is 0.434. The van der Waals surface area contributed by atoms with Gasteiger partial charge in [-0.1, -0.05) is 0 Å². The monoisotopic (exact) mass is 170 g/mol. The SMILES string of the molecule is O.O.O.O.O.[O-2].[O-2].[Ti+4]. The van der Waals surface area contributed by atoms with Crippen molar-refractivity contribution in [3.63, 3.8) is 0 Å². The molecule has 56 valence electrons. The summed E-state index contributed by atoms with van der Waals surface area (Å²) in [7, 11) is 0. The molecule has 0 aliphatic carbocycles. The van der Waals surface area contributed by atoms with Crippen LogP contribution in [0.1, 0.15) is 0 Å². The second kappa shape index (κ2) is 1630. The Balaban J connectivity index is 0. The Morgan fingerprint density at radius 2 is 0.375 bits per heavy atom. The fourth-order valence-corrected chi connectivity index (χ4v) is 0. The summed E-state index contributed by atoms with van der Waals surface area (Å²) in [4.78, 5) is 0. The normalized spacial score (nSPS) is 0. The van der Waals surface area contributed by atoms with Crippen molar-refractivity contribution >= 4 is 0 Å². The third-order valence-electron chi connectivity index (χ3n) is 0. The summed E-state index contributed by atoms with van der Waals surface area (Å²) in [6, 6.07) is 0. The van der Waals surface area contributed by atoms with Crippen LogP contribution in [0, 0.1) is 0 Å². The summed E-state index contributed by atoms with van der Waals surface area (Å²) in [5, 5.41) is 0. The van der Waals surface area contributed by atoms with E-state index in [9.17, 15) is 0 Å². The Morgan fingerprint density at radius 1 is 0.375 bits per heavy atom. The van der Waals surface area contributed by atoms with Gasteiger partial charge in [0.25, 0.3) is 0 Å². The maximum Gasteiger partial charge on any atom is 4.00 e. The van der Waals surface area contributed by atoms with Crippen molar-refractivity contribution in [3.8, 4) is 0 Å². The van der Waals surface area contributed by atoms with Crippen LogP contribution in [0.3, 0.4) is 0 Å². The minimum absolute atomic E-state index is 0. The first-order chi connectivity index (χ1) is 0. The van der Waals surface area contributed by atoms with Crippen molar-refractivity contribution in [2.24, 2.45) is 0 Å². The first-order valence-electron chi connectivity index (χ1n) is 0. The molecule has 0 saturated heterocycles. The van der Waals surface area contributed by atoms with Crippen LogP contribution in [-0.2, 0) is 32.7 Å². The molecule has 8 heavy (non-hydrogen) atoms. The zero-order valence-corrected chi connectivity index (χ0v) is 5.38. The summed E-state index contributed by atoms with van der Waals surface area (Å²) in [6.45, 7) is 0. The second-order valence-corrected chi connectivity index (χ2v) is 0. The van der Waals surface area contributed by atoms with Gasteiger partial charge in [-0.15, -0.1) is 0 Å². The topological polar surface area (TPSA) is 214 Å².